The minimum atomic E-state index is -0.394. The van der Waals surface area contributed by atoms with E-state index in [0.717, 1.165) is 18.0 Å². The molecule has 1 saturated carbocycles. The number of hydrogen-bond acceptors (Lipinski definition) is 2. The fourth-order valence-corrected chi connectivity index (χ4v) is 3.22. The summed E-state index contributed by atoms with van der Waals surface area (Å²) in [6, 6.07) is 9.03. The first kappa shape index (κ1) is 15.4. The molecule has 0 heterocycles. The smallest absolute Gasteiger partial charge is 0.0781 e. The number of anilines is 1. The lowest BCUT2D eigenvalue weighted by Crippen LogP contribution is -2.35. The van der Waals surface area contributed by atoms with Gasteiger partial charge in [-0.25, -0.2) is 0 Å². The zero-order valence-electron chi connectivity index (χ0n) is 13.2. The first-order valence-electron chi connectivity index (χ1n) is 8.13. The molecule has 1 aromatic carbocycles. The average molecular weight is 275 g/mol. The van der Waals surface area contributed by atoms with Crippen molar-refractivity contribution in [3.05, 3.63) is 29.8 Å². The van der Waals surface area contributed by atoms with Crippen molar-refractivity contribution in [2.45, 2.75) is 65.0 Å². The van der Waals surface area contributed by atoms with Crippen LogP contribution in [0.15, 0.2) is 24.3 Å². The molecule has 1 aromatic rings. The van der Waals surface area contributed by atoms with Gasteiger partial charge in [0.15, 0.2) is 0 Å². The Morgan fingerprint density at radius 1 is 1.15 bits per heavy atom. The number of aliphatic hydroxyl groups excluding tert-OH is 1. The fraction of sp³-hybridized carbons (Fsp3) is 0.667. The monoisotopic (exact) mass is 275 g/mol. The normalized spacial score (nSPS) is 17.6. The molecule has 0 aliphatic heterocycles. The number of nitrogens with zero attached hydrogens (tertiary/aromatic N) is 1. The highest BCUT2D eigenvalue weighted by molar-refractivity contribution is 5.55. The molecule has 2 rings (SSSR count). The van der Waals surface area contributed by atoms with Crippen LogP contribution >= 0.6 is 0 Å². The Morgan fingerprint density at radius 2 is 1.80 bits per heavy atom. The molecule has 1 aliphatic carbocycles. The van der Waals surface area contributed by atoms with Crippen molar-refractivity contribution in [2.24, 2.45) is 5.92 Å². The minimum Gasteiger partial charge on any atom is -0.389 e. The van der Waals surface area contributed by atoms with Gasteiger partial charge < -0.3 is 10.0 Å². The van der Waals surface area contributed by atoms with Crippen molar-refractivity contribution in [3.8, 4) is 0 Å². The van der Waals surface area contributed by atoms with Gasteiger partial charge in [0.25, 0.3) is 0 Å². The molecule has 1 atom stereocenters. The molecule has 1 N–H and O–H groups in total. The van der Waals surface area contributed by atoms with Crippen LogP contribution in [0, 0.1) is 5.92 Å². The van der Waals surface area contributed by atoms with Gasteiger partial charge in [-0.15, -0.1) is 0 Å². The van der Waals surface area contributed by atoms with Crippen molar-refractivity contribution < 1.29 is 5.11 Å². The van der Waals surface area contributed by atoms with Gasteiger partial charge in [0.05, 0.1) is 6.10 Å². The summed E-state index contributed by atoms with van der Waals surface area (Å²) in [5.41, 5.74) is 2.32. The summed E-state index contributed by atoms with van der Waals surface area (Å²) < 4.78 is 0. The standard InChI is InChI=1S/C18H29NO/c1-14(2)12-13-19(16-8-4-5-9-16)18-11-7-6-10-17(18)15(3)20/h6-7,10-11,14-16,20H,4-5,8-9,12-13H2,1-3H3/t15-/m0/s1. The lowest BCUT2D eigenvalue weighted by Gasteiger charge is -2.34. The van der Waals surface area contributed by atoms with E-state index in [1.54, 1.807) is 0 Å². The Morgan fingerprint density at radius 3 is 2.40 bits per heavy atom. The third-order valence-electron chi connectivity index (χ3n) is 4.41. The highest BCUT2D eigenvalue weighted by Crippen LogP contribution is 2.33. The Labute approximate surface area is 123 Å². The summed E-state index contributed by atoms with van der Waals surface area (Å²) in [6.45, 7) is 7.54. The Balaban J connectivity index is 2.25. The second-order valence-corrected chi connectivity index (χ2v) is 6.55. The van der Waals surface area contributed by atoms with Crippen LogP contribution in [-0.2, 0) is 0 Å². The van der Waals surface area contributed by atoms with E-state index in [4.69, 9.17) is 0 Å². The van der Waals surface area contributed by atoms with Gasteiger partial charge >= 0.3 is 0 Å². The molecular formula is C18H29NO. The zero-order chi connectivity index (χ0) is 14.5. The van der Waals surface area contributed by atoms with Crippen LogP contribution in [0.3, 0.4) is 0 Å². The topological polar surface area (TPSA) is 23.5 Å². The lowest BCUT2D eigenvalue weighted by atomic mass is 10.0. The zero-order valence-corrected chi connectivity index (χ0v) is 13.2. The molecule has 0 bridgehead atoms. The first-order chi connectivity index (χ1) is 9.59. The predicted molar refractivity (Wildman–Crippen MR) is 86.1 cm³/mol. The Kier molecular flexibility index (Phi) is 5.47. The van der Waals surface area contributed by atoms with Gasteiger partial charge in [0.2, 0.25) is 0 Å². The summed E-state index contributed by atoms with van der Waals surface area (Å²) in [7, 11) is 0. The third-order valence-corrected chi connectivity index (χ3v) is 4.41. The molecule has 1 aliphatic rings. The second-order valence-electron chi connectivity index (χ2n) is 6.55. The van der Waals surface area contributed by atoms with E-state index in [1.165, 1.54) is 37.8 Å². The molecule has 20 heavy (non-hydrogen) atoms. The van der Waals surface area contributed by atoms with Crippen LogP contribution in [0.1, 0.15) is 64.5 Å². The highest BCUT2D eigenvalue weighted by Gasteiger charge is 2.25. The molecule has 0 saturated heterocycles. The molecule has 0 radical (unpaired) electrons. The maximum Gasteiger partial charge on any atom is 0.0781 e. The van der Waals surface area contributed by atoms with Gasteiger partial charge in [-0.2, -0.15) is 0 Å². The molecule has 1 fully saturated rings. The Bertz CT molecular complexity index is 408. The molecular weight excluding hydrogens is 246 g/mol. The summed E-state index contributed by atoms with van der Waals surface area (Å²) in [6.07, 6.45) is 6.11. The van der Waals surface area contributed by atoms with Crippen LogP contribution in [0.25, 0.3) is 0 Å². The largest absolute Gasteiger partial charge is 0.389 e. The predicted octanol–water partition coefficient (Wildman–Crippen LogP) is 4.54. The van der Waals surface area contributed by atoms with Gasteiger partial charge in [0, 0.05) is 23.8 Å². The molecule has 0 amide bonds. The van der Waals surface area contributed by atoms with Crippen LogP contribution in [0.2, 0.25) is 0 Å². The maximum absolute atomic E-state index is 10.0. The first-order valence-corrected chi connectivity index (χ1v) is 8.13. The third kappa shape index (κ3) is 3.76. The lowest BCUT2D eigenvalue weighted by molar-refractivity contribution is 0.199. The quantitative estimate of drug-likeness (QED) is 0.824. The van der Waals surface area contributed by atoms with E-state index in [1.807, 2.05) is 13.0 Å². The molecule has 0 aromatic heterocycles. The van der Waals surface area contributed by atoms with Gasteiger partial charge in [-0.3, -0.25) is 0 Å². The SMILES string of the molecule is CC(C)CCN(c1ccccc1[C@H](C)O)C1CCCC1. The van der Waals surface area contributed by atoms with Crippen molar-refractivity contribution in [1.29, 1.82) is 0 Å². The van der Waals surface area contributed by atoms with E-state index in [2.05, 4.69) is 36.9 Å². The number of rotatable bonds is 6. The van der Waals surface area contributed by atoms with E-state index in [0.29, 0.717) is 6.04 Å². The van der Waals surface area contributed by atoms with E-state index in [-0.39, 0.29) is 0 Å². The number of para-hydroxylation sites is 1. The van der Waals surface area contributed by atoms with Crippen molar-refractivity contribution >= 4 is 5.69 Å². The average Bonchev–Trinajstić information content (AvgIpc) is 2.93. The number of aliphatic hydroxyl groups is 1. The molecule has 112 valence electrons. The van der Waals surface area contributed by atoms with Crippen molar-refractivity contribution in [3.63, 3.8) is 0 Å². The van der Waals surface area contributed by atoms with Crippen molar-refractivity contribution in [2.75, 3.05) is 11.4 Å². The fourth-order valence-electron chi connectivity index (χ4n) is 3.22. The van der Waals surface area contributed by atoms with Gasteiger partial charge in [0.1, 0.15) is 0 Å². The van der Waals surface area contributed by atoms with E-state index >= 15 is 0 Å². The molecule has 0 unspecified atom stereocenters. The van der Waals surface area contributed by atoms with Crippen LogP contribution in [0.4, 0.5) is 5.69 Å². The second kappa shape index (κ2) is 7.12. The maximum atomic E-state index is 10.0. The summed E-state index contributed by atoms with van der Waals surface area (Å²) in [4.78, 5) is 2.56. The Hall–Kier alpha value is -1.02. The summed E-state index contributed by atoms with van der Waals surface area (Å²) in [5.74, 6) is 0.720. The molecule has 0 spiro atoms. The van der Waals surface area contributed by atoms with Crippen LogP contribution in [-0.4, -0.2) is 17.7 Å². The molecule has 2 heteroatoms. The van der Waals surface area contributed by atoms with E-state index in [9.17, 15) is 5.11 Å². The van der Waals surface area contributed by atoms with Crippen LogP contribution < -0.4 is 4.90 Å². The van der Waals surface area contributed by atoms with E-state index < -0.39 is 6.10 Å². The minimum absolute atomic E-state index is 0.394. The van der Waals surface area contributed by atoms with Gasteiger partial charge in [-0.05, 0) is 38.2 Å². The number of hydrogen-bond donors (Lipinski definition) is 1. The highest BCUT2D eigenvalue weighted by atomic mass is 16.3. The van der Waals surface area contributed by atoms with Gasteiger partial charge in [-0.1, -0.05) is 44.9 Å². The summed E-state index contributed by atoms with van der Waals surface area (Å²) >= 11 is 0. The summed E-state index contributed by atoms with van der Waals surface area (Å²) in [5, 5.41) is 10.0. The number of benzene rings is 1. The van der Waals surface area contributed by atoms with Crippen molar-refractivity contribution in [1.82, 2.24) is 0 Å². The molecule has 2 nitrogen and oxygen atoms in total. The van der Waals surface area contributed by atoms with Crippen LogP contribution in [0.5, 0.6) is 0 Å².